The molecule has 0 bridgehead atoms. The lowest BCUT2D eigenvalue weighted by atomic mass is 10.2. The molecule has 1 heterocycles. The Hall–Kier alpha value is -1.71. The molecule has 1 amide bonds. The molecule has 6 heteroatoms. The fraction of sp³-hybridized carbons (Fsp3) is 0.385. The highest BCUT2D eigenvalue weighted by molar-refractivity contribution is 7.84. The molecule has 5 nitrogen and oxygen atoms in total. The smallest absolute Gasteiger partial charge is 0.271 e. The molecular formula is C13H17N3O2S. The van der Waals surface area contributed by atoms with E-state index in [9.17, 15) is 9.00 Å². The largest absolute Gasteiger partial charge is 0.351 e. The Morgan fingerprint density at radius 3 is 3.05 bits per heavy atom. The van der Waals surface area contributed by atoms with Crippen LogP contribution in [0.3, 0.4) is 0 Å². The zero-order chi connectivity index (χ0) is 14.1. The lowest BCUT2D eigenvalue weighted by Gasteiger charge is -2.05. The van der Waals surface area contributed by atoms with Crippen molar-refractivity contribution in [3.05, 3.63) is 29.6 Å². The van der Waals surface area contributed by atoms with E-state index in [0.717, 1.165) is 0 Å². The molecule has 1 aromatic heterocycles. The van der Waals surface area contributed by atoms with Gasteiger partial charge < -0.3 is 11.1 Å². The van der Waals surface area contributed by atoms with Crippen molar-refractivity contribution in [3.63, 3.8) is 0 Å². The molecule has 0 radical (unpaired) electrons. The number of pyridine rings is 1. The number of rotatable bonds is 5. The van der Waals surface area contributed by atoms with Crippen molar-refractivity contribution >= 4 is 16.7 Å². The molecule has 102 valence electrons. The minimum absolute atomic E-state index is 0.234. The molecule has 0 aliphatic carbocycles. The van der Waals surface area contributed by atoms with Gasteiger partial charge in [0.15, 0.2) is 0 Å². The normalized spacial score (nSPS) is 11.3. The van der Waals surface area contributed by atoms with Crippen LogP contribution >= 0.6 is 0 Å². The summed E-state index contributed by atoms with van der Waals surface area (Å²) in [4.78, 5) is 16.0. The fourth-order valence-electron chi connectivity index (χ4n) is 1.39. The minimum Gasteiger partial charge on any atom is -0.351 e. The lowest BCUT2D eigenvalue weighted by Crippen LogP contribution is -2.27. The maximum Gasteiger partial charge on any atom is 0.271 e. The Bertz CT molecular complexity index is 520. The minimum atomic E-state index is -0.837. The fourth-order valence-corrected chi connectivity index (χ4v) is 1.95. The zero-order valence-corrected chi connectivity index (χ0v) is 11.6. The van der Waals surface area contributed by atoms with Crippen molar-refractivity contribution in [1.82, 2.24) is 10.3 Å². The molecule has 0 fully saturated rings. The summed E-state index contributed by atoms with van der Waals surface area (Å²) in [5.74, 6) is 5.81. The van der Waals surface area contributed by atoms with Gasteiger partial charge in [-0.1, -0.05) is 11.8 Å². The predicted octanol–water partition coefficient (Wildman–Crippen LogP) is -0.110. The van der Waals surface area contributed by atoms with Gasteiger partial charge in [-0.25, -0.2) is 4.98 Å². The van der Waals surface area contributed by atoms with E-state index < -0.39 is 10.8 Å². The molecule has 1 rings (SSSR count). The summed E-state index contributed by atoms with van der Waals surface area (Å²) < 4.78 is 10.9. The number of amides is 1. The second kappa shape index (κ2) is 8.40. The van der Waals surface area contributed by atoms with Crippen molar-refractivity contribution in [2.75, 3.05) is 25.1 Å². The highest BCUT2D eigenvalue weighted by Crippen LogP contribution is 2.03. The molecule has 0 saturated heterocycles. The van der Waals surface area contributed by atoms with Crippen molar-refractivity contribution in [2.45, 2.75) is 6.42 Å². The summed E-state index contributed by atoms with van der Waals surface area (Å²) >= 11 is 0. The number of nitrogens with two attached hydrogens (primary N) is 1. The molecule has 0 aliphatic heterocycles. The first-order valence-corrected chi connectivity index (χ1v) is 7.60. The van der Waals surface area contributed by atoms with E-state index in [1.165, 1.54) is 0 Å². The summed E-state index contributed by atoms with van der Waals surface area (Å²) in [6.45, 7) is 0.705. The number of aromatic nitrogens is 1. The Kier molecular flexibility index (Phi) is 6.79. The first-order valence-electron chi connectivity index (χ1n) is 5.87. The number of nitrogens with one attached hydrogen (secondary N) is 1. The van der Waals surface area contributed by atoms with E-state index in [1.54, 1.807) is 24.6 Å². The third kappa shape index (κ3) is 5.64. The molecule has 0 aromatic carbocycles. The molecule has 3 N–H and O–H groups in total. The molecule has 0 aliphatic rings. The van der Waals surface area contributed by atoms with Crippen LogP contribution < -0.4 is 11.1 Å². The highest BCUT2D eigenvalue weighted by Gasteiger charge is 2.10. The molecular weight excluding hydrogens is 262 g/mol. The average Bonchev–Trinajstić information content (AvgIpc) is 2.41. The van der Waals surface area contributed by atoms with Crippen LogP contribution in [-0.4, -0.2) is 40.2 Å². The van der Waals surface area contributed by atoms with E-state index in [-0.39, 0.29) is 12.5 Å². The van der Waals surface area contributed by atoms with Crippen molar-refractivity contribution in [2.24, 2.45) is 5.73 Å². The van der Waals surface area contributed by atoms with Crippen LogP contribution in [0.4, 0.5) is 0 Å². The predicted molar refractivity (Wildman–Crippen MR) is 76.1 cm³/mol. The number of carbonyl (C=O) groups excluding carboxylic acids is 1. The van der Waals surface area contributed by atoms with Gasteiger partial charge >= 0.3 is 0 Å². The van der Waals surface area contributed by atoms with Crippen molar-refractivity contribution < 1.29 is 9.00 Å². The molecule has 0 spiro atoms. The third-order valence-electron chi connectivity index (χ3n) is 2.24. The van der Waals surface area contributed by atoms with Gasteiger partial charge in [-0.3, -0.25) is 9.00 Å². The van der Waals surface area contributed by atoms with Gasteiger partial charge in [-0.15, -0.1) is 0 Å². The molecule has 19 heavy (non-hydrogen) atoms. The quantitative estimate of drug-likeness (QED) is 0.582. The summed E-state index contributed by atoms with van der Waals surface area (Å²) in [6, 6.07) is 3.45. The molecule has 1 unspecified atom stereocenters. The van der Waals surface area contributed by atoms with Crippen LogP contribution in [0.15, 0.2) is 18.3 Å². The maximum absolute atomic E-state index is 11.9. The van der Waals surface area contributed by atoms with Gasteiger partial charge in [0.1, 0.15) is 5.69 Å². The second-order valence-electron chi connectivity index (χ2n) is 3.79. The Morgan fingerprint density at radius 1 is 1.58 bits per heavy atom. The van der Waals surface area contributed by atoms with Crippen LogP contribution in [0.2, 0.25) is 0 Å². The highest BCUT2D eigenvalue weighted by atomic mass is 32.2. The van der Waals surface area contributed by atoms with Crippen LogP contribution in [0.25, 0.3) is 0 Å². The number of carbonyl (C=O) groups is 1. The Balaban J connectivity index is 2.63. The summed E-state index contributed by atoms with van der Waals surface area (Å²) in [5.41, 5.74) is 6.16. The first-order chi connectivity index (χ1) is 9.15. The van der Waals surface area contributed by atoms with E-state index >= 15 is 0 Å². The second-order valence-corrected chi connectivity index (χ2v) is 5.35. The SMILES string of the molecule is CS(=O)CCCNC(=O)c1ncccc1C#CCN. The first kappa shape index (κ1) is 15.3. The van der Waals surface area contributed by atoms with Crippen molar-refractivity contribution in [3.8, 4) is 11.8 Å². The summed E-state index contributed by atoms with van der Waals surface area (Å²) in [7, 11) is -0.837. The van der Waals surface area contributed by atoms with Gasteiger partial charge in [0.2, 0.25) is 0 Å². The van der Waals surface area contributed by atoms with Gasteiger partial charge in [-0.2, -0.15) is 0 Å². The van der Waals surface area contributed by atoms with E-state index in [2.05, 4.69) is 22.1 Å². The Labute approximate surface area is 115 Å². The van der Waals surface area contributed by atoms with Crippen LogP contribution in [0.5, 0.6) is 0 Å². The topological polar surface area (TPSA) is 85.1 Å². The van der Waals surface area contributed by atoms with Gasteiger partial charge in [0.25, 0.3) is 5.91 Å². The third-order valence-corrected chi connectivity index (χ3v) is 3.11. The Morgan fingerprint density at radius 2 is 2.37 bits per heavy atom. The molecule has 0 saturated carbocycles. The summed E-state index contributed by atoms with van der Waals surface area (Å²) in [5, 5.41) is 2.74. The summed E-state index contributed by atoms with van der Waals surface area (Å²) in [6.07, 6.45) is 3.86. The number of hydrogen-bond acceptors (Lipinski definition) is 4. The lowest BCUT2D eigenvalue weighted by molar-refractivity contribution is 0.0948. The maximum atomic E-state index is 11.9. The van der Waals surface area contributed by atoms with Crippen LogP contribution in [0.1, 0.15) is 22.5 Å². The standard InChI is InChI=1S/C13H17N3O2S/c1-19(18)10-4-9-16-13(17)12-11(5-2-7-14)6-3-8-15-12/h3,6,8H,4,7,9-10,14H2,1H3,(H,16,17). The zero-order valence-electron chi connectivity index (χ0n) is 10.8. The van der Waals surface area contributed by atoms with Crippen LogP contribution in [-0.2, 0) is 10.8 Å². The number of hydrogen-bond donors (Lipinski definition) is 2. The molecule has 1 atom stereocenters. The van der Waals surface area contributed by atoms with E-state index in [4.69, 9.17) is 5.73 Å². The van der Waals surface area contributed by atoms with Crippen molar-refractivity contribution in [1.29, 1.82) is 0 Å². The monoisotopic (exact) mass is 279 g/mol. The van der Waals surface area contributed by atoms with Gasteiger partial charge in [0, 0.05) is 35.5 Å². The van der Waals surface area contributed by atoms with Crippen LogP contribution in [0, 0.1) is 11.8 Å². The van der Waals surface area contributed by atoms with Gasteiger partial charge in [0.05, 0.1) is 12.1 Å². The number of nitrogens with zero attached hydrogens (tertiary/aromatic N) is 1. The van der Waals surface area contributed by atoms with E-state index in [0.29, 0.717) is 30.0 Å². The van der Waals surface area contributed by atoms with E-state index in [1.807, 2.05) is 0 Å². The molecule has 1 aromatic rings. The average molecular weight is 279 g/mol. The van der Waals surface area contributed by atoms with Gasteiger partial charge in [-0.05, 0) is 18.6 Å².